The number of amides is 1. The van der Waals surface area contributed by atoms with E-state index in [4.69, 9.17) is 4.74 Å². The first-order chi connectivity index (χ1) is 8.79. The molecule has 1 aromatic carbocycles. The Bertz CT molecular complexity index is 512. The van der Waals surface area contributed by atoms with Crippen LogP contribution in [0.25, 0.3) is 0 Å². The molecule has 0 atom stereocenters. The highest BCUT2D eigenvalue weighted by atomic mass is 16.5. The fraction of sp³-hybridized carbons (Fsp3) is 0.154. The van der Waals surface area contributed by atoms with E-state index in [1.54, 1.807) is 36.4 Å². The van der Waals surface area contributed by atoms with Gasteiger partial charge in [0.05, 0.1) is 6.61 Å². The van der Waals surface area contributed by atoms with Crippen LogP contribution in [0.3, 0.4) is 0 Å². The van der Waals surface area contributed by atoms with Gasteiger partial charge in [-0.25, -0.2) is 0 Å². The Balaban J connectivity index is 2.03. The first kappa shape index (κ1) is 12.0. The molecule has 18 heavy (non-hydrogen) atoms. The molecular formula is C13H13N3O2. The number of aromatic nitrogens is 2. The maximum Gasteiger partial charge on any atom is 0.276 e. The first-order valence-electron chi connectivity index (χ1n) is 5.61. The van der Waals surface area contributed by atoms with Crippen molar-refractivity contribution in [2.45, 2.75) is 6.92 Å². The van der Waals surface area contributed by atoms with Gasteiger partial charge in [-0.1, -0.05) is 0 Å². The van der Waals surface area contributed by atoms with Crippen molar-refractivity contribution in [3.63, 3.8) is 0 Å². The summed E-state index contributed by atoms with van der Waals surface area (Å²) in [5.74, 6) is 0.488. The fourth-order valence-corrected chi connectivity index (χ4v) is 1.42. The van der Waals surface area contributed by atoms with Gasteiger partial charge in [-0.3, -0.25) is 4.79 Å². The SMILES string of the molecule is CCOc1ccc(NC(=O)c2cccnn2)cc1. The van der Waals surface area contributed by atoms with E-state index in [1.165, 1.54) is 6.20 Å². The molecule has 0 radical (unpaired) electrons. The molecule has 1 amide bonds. The molecule has 0 aliphatic heterocycles. The van der Waals surface area contributed by atoms with Crippen LogP contribution in [0.1, 0.15) is 17.4 Å². The molecule has 0 aliphatic rings. The van der Waals surface area contributed by atoms with E-state index in [2.05, 4.69) is 15.5 Å². The molecule has 0 saturated heterocycles. The predicted molar refractivity (Wildman–Crippen MR) is 67.6 cm³/mol. The third-order valence-corrected chi connectivity index (χ3v) is 2.23. The number of nitrogens with zero attached hydrogens (tertiary/aromatic N) is 2. The van der Waals surface area contributed by atoms with E-state index < -0.39 is 0 Å². The number of hydrogen-bond donors (Lipinski definition) is 1. The van der Waals surface area contributed by atoms with Crippen LogP contribution in [-0.2, 0) is 0 Å². The summed E-state index contributed by atoms with van der Waals surface area (Å²) in [5, 5.41) is 10.1. The second-order valence-corrected chi connectivity index (χ2v) is 3.52. The van der Waals surface area contributed by atoms with Gasteiger partial charge >= 0.3 is 0 Å². The normalized spacial score (nSPS) is 9.83. The van der Waals surface area contributed by atoms with Crippen molar-refractivity contribution >= 4 is 11.6 Å². The van der Waals surface area contributed by atoms with Crippen LogP contribution in [0, 0.1) is 0 Å². The summed E-state index contributed by atoms with van der Waals surface area (Å²) in [5.41, 5.74) is 0.973. The molecule has 1 heterocycles. The van der Waals surface area contributed by atoms with Gasteiger partial charge in [0.15, 0.2) is 5.69 Å². The molecular weight excluding hydrogens is 230 g/mol. The molecule has 2 aromatic rings. The molecule has 1 aromatic heterocycles. The van der Waals surface area contributed by atoms with E-state index in [1.807, 2.05) is 6.92 Å². The number of nitrogens with one attached hydrogen (secondary N) is 1. The molecule has 5 nitrogen and oxygen atoms in total. The van der Waals surface area contributed by atoms with E-state index in [-0.39, 0.29) is 11.6 Å². The summed E-state index contributed by atoms with van der Waals surface area (Å²) in [6.07, 6.45) is 1.52. The van der Waals surface area contributed by atoms with Gasteiger partial charge in [0.2, 0.25) is 0 Å². The number of benzene rings is 1. The van der Waals surface area contributed by atoms with E-state index in [9.17, 15) is 4.79 Å². The summed E-state index contributed by atoms with van der Waals surface area (Å²) in [4.78, 5) is 11.8. The summed E-state index contributed by atoms with van der Waals surface area (Å²) in [6.45, 7) is 2.54. The average molecular weight is 243 g/mol. The minimum Gasteiger partial charge on any atom is -0.494 e. The number of ether oxygens (including phenoxy) is 1. The van der Waals surface area contributed by atoms with Crippen molar-refractivity contribution in [2.24, 2.45) is 0 Å². The molecule has 0 unspecified atom stereocenters. The number of carbonyl (C=O) groups excluding carboxylic acids is 1. The van der Waals surface area contributed by atoms with Gasteiger partial charge < -0.3 is 10.1 Å². The maximum atomic E-state index is 11.8. The van der Waals surface area contributed by atoms with Crippen LogP contribution in [0.4, 0.5) is 5.69 Å². The lowest BCUT2D eigenvalue weighted by molar-refractivity contribution is 0.102. The van der Waals surface area contributed by atoms with Gasteiger partial charge in [0, 0.05) is 11.9 Å². The molecule has 0 fully saturated rings. The third-order valence-electron chi connectivity index (χ3n) is 2.23. The van der Waals surface area contributed by atoms with Crippen molar-refractivity contribution in [2.75, 3.05) is 11.9 Å². The lowest BCUT2D eigenvalue weighted by Crippen LogP contribution is -2.13. The maximum absolute atomic E-state index is 11.8. The third kappa shape index (κ3) is 3.04. The van der Waals surface area contributed by atoms with Gasteiger partial charge in [-0.05, 0) is 43.3 Å². The summed E-state index contributed by atoms with van der Waals surface area (Å²) >= 11 is 0. The van der Waals surface area contributed by atoms with E-state index in [0.29, 0.717) is 12.3 Å². The topological polar surface area (TPSA) is 64.1 Å². The van der Waals surface area contributed by atoms with Crippen molar-refractivity contribution in [3.05, 3.63) is 48.3 Å². The molecule has 2 rings (SSSR count). The first-order valence-corrected chi connectivity index (χ1v) is 5.61. The van der Waals surface area contributed by atoms with Crippen molar-refractivity contribution < 1.29 is 9.53 Å². The largest absolute Gasteiger partial charge is 0.494 e. The predicted octanol–water partition coefficient (Wildman–Crippen LogP) is 2.13. The van der Waals surface area contributed by atoms with Crippen LogP contribution in [-0.4, -0.2) is 22.7 Å². The van der Waals surface area contributed by atoms with Crippen molar-refractivity contribution in [1.82, 2.24) is 10.2 Å². The zero-order valence-electron chi connectivity index (χ0n) is 9.96. The average Bonchev–Trinajstić information content (AvgIpc) is 2.42. The molecule has 0 saturated carbocycles. The Hall–Kier alpha value is -2.43. The van der Waals surface area contributed by atoms with Crippen LogP contribution >= 0.6 is 0 Å². The molecule has 0 aliphatic carbocycles. The molecule has 0 bridgehead atoms. The van der Waals surface area contributed by atoms with Gasteiger partial charge in [-0.15, -0.1) is 5.10 Å². The van der Waals surface area contributed by atoms with Crippen LogP contribution in [0.15, 0.2) is 42.6 Å². The number of rotatable bonds is 4. The summed E-state index contributed by atoms with van der Waals surface area (Å²) < 4.78 is 5.32. The Morgan fingerprint density at radius 3 is 2.67 bits per heavy atom. The minimum atomic E-state index is -0.285. The van der Waals surface area contributed by atoms with Crippen molar-refractivity contribution in [1.29, 1.82) is 0 Å². The number of anilines is 1. The zero-order chi connectivity index (χ0) is 12.8. The van der Waals surface area contributed by atoms with E-state index >= 15 is 0 Å². The molecule has 0 spiro atoms. The highest BCUT2D eigenvalue weighted by Crippen LogP contribution is 2.15. The number of hydrogen-bond acceptors (Lipinski definition) is 4. The highest BCUT2D eigenvalue weighted by Gasteiger charge is 2.07. The number of carbonyl (C=O) groups is 1. The monoisotopic (exact) mass is 243 g/mol. The Morgan fingerprint density at radius 1 is 1.28 bits per heavy atom. The zero-order valence-corrected chi connectivity index (χ0v) is 9.96. The van der Waals surface area contributed by atoms with Gasteiger partial charge in [0.1, 0.15) is 5.75 Å². The Morgan fingerprint density at radius 2 is 2.06 bits per heavy atom. The molecule has 1 N–H and O–H groups in total. The van der Waals surface area contributed by atoms with Crippen LogP contribution < -0.4 is 10.1 Å². The second-order valence-electron chi connectivity index (χ2n) is 3.52. The Labute approximate surface area is 105 Å². The quantitative estimate of drug-likeness (QED) is 0.893. The standard InChI is InChI=1S/C13H13N3O2/c1-2-18-11-7-5-10(6-8-11)15-13(17)12-4-3-9-14-16-12/h3-9H,2H2,1H3,(H,15,17). The summed E-state index contributed by atoms with van der Waals surface area (Å²) in [6, 6.07) is 10.4. The second kappa shape index (κ2) is 5.77. The highest BCUT2D eigenvalue weighted by molar-refractivity contribution is 6.02. The minimum absolute atomic E-state index is 0.284. The molecule has 92 valence electrons. The molecule has 5 heteroatoms. The van der Waals surface area contributed by atoms with Crippen LogP contribution in [0.2, 0.25) is 0 Å². The van der Waals surface area contributed by atoms with Crippen molar-refractivity contribution in [3.8, 4) is 5.75 Å². The van der Waals surface area contributed by atoms with Gasteiger partial charge in [-0.2, -0.15) is 5.10 Å². The van der Waals surface area contributed by atoms with Gasteiger partial charge in [0.25, 0.3) is 5.91 Å². The lowest BCUT2D eigenvalue weighted by Gasteiger charge is -2.06. The van der Waals surface area contributed by atoms with Crippen LogP contribution in [0.5, 0.6) is 5.75 Å². The lowest BCUT2D eigenvalue weighted by atomic mass is 10.3. The fourth-order valence-electron chi connectivity index (χ4n) is 1.42. The summed E-state index contributed by atoms with van der Waals surface area (Å²) in [7, 11) is 0. The van der Waals surface area contributed by atoms with E-state index in [0.717, 1.165) is 5.75 Å². The smallest absolute Gasteiger partial charge is 0.276 e. The Kier molecular flexibility index (Phi) is 3.86.